The minimum Gasteiger partial charge on any atom is -0.497 e. The molecule has 0 aliphatic carbocycles. The third kappa shape index (κ3) is 6.23. The maximum absolute atomic E-state index is 12.4. The van der Waals surface area contributed by atoms with Crippen LogP contribution in [0.1, 0.15) is 42.0 Å². The Balaban J connectivity index is 1.60. The molecule has 0 unspecified atom stereocenters. The molecule has 156 valence electrons. The van der Waals surface area contributed by atoms with Crippen LogP contribution in [0.4, 0.5) is 0 Å². The maximum Gasteiger partial charge on any atom is 0.258 e. The van der Waals surface area contributed by atoms with Crippen molar-refractivity contribution in [1.82, 2.24) is 10.2 Å². The number of piperidine rings is 1. The summed E-state index contributed by atoms with van der Waals surface area (Å²) in [6, 6.07) is 14.3. The molecular formula is C24H32N2O3. The first-order chi connectivity index (χ1) is 14.0. The fraction of sp³-hybridized carbons (Fsp3) is 0.458. The molecule has 5 nitrogen and oxygen atoms in total. The molecule has 0 spiro atoms. The monoisotopic (exact) mass is 396 g/mol. The molecule has 0 radical (unpaired) electrons. The first kappa shape index (κ1) is 21.2. The summed E-state index contributed by atoms with van der Waals surface area (Å²) in [4.78, 5) is 14.9. The molecular weight excluding hydrogens is 364 g/mol. The Morgan fingerprint density at radius 2 is 1.66 bits per heavy atom. The molecule has 1 aliphatic rings. The lowest BCUT2D eigenvalue weighted by molar-refractivity contribution is -0.123. The molecule has 1 aliphatic heterocycles. The number of benzene rings is 2. The second-order valence-corrected chi connectivity index (χ2v) is 7.80. The van der Waals surface area contributed by atoms with Crippen LogP contribution < -0.4 is 14.8 Å². The van der Waals surface area contributed by atoms with Crippen LogP contribution in [0.2, 0.25) is 0 Å². The number of hydrogen-bond acceptors (Lipinski definition) is 4. The van der Waals surface area contributed by atoms with Gasteiger partial charge < -0.3 is 14.8 Å². The molecule has 0 saturated carbocycles. The lowest BCUT2D eigenvalue weighted by atomic mass is 10.0. The average molecular weight is 397 g/mol. The van der Waals surface area contributed by atoms with Gasteiger partial charge in [-0.25, -0.2) is 0 Å². The van der Waals surface area contributed by atoms with Gasteiger partial charge >= 0.3 is 0 Å². The topological polar surface area (TPSA) is 50.8 Å². The summed E-state index contributed by atoms with van der Waals surface area (Å²) >= 11 is 0. The Morgan fingerprint density at radius 1 is 1.00 bits per heavy atom. The van der Waals surface area contributed by atoms with E-state index in [1.807, 2.05) is 38.1 Å². The molecule has 29 heavy (non-hydrogen) atoms. The van der Waals surface area contributed by atoms with Crippen LogP contribution in [-0.4, -0.2) is 44.2 Å². The summed E-state index contributed by atoms with van der Waals surface area (Å²) in [6.07, 6.45) is 3.69. The Kier molecular flexibility index (Phi) is 7.53. The number of methoxy groups -OCH3 is 1. The summed E-state index contributed by atoms with van der Waals surface area (Å²) in [6.45, 7) is 6.77. The van der Waals surface area contributed by atoms with E-state index in [9.17, 15) is 4.79 Å². The average Bonchev–Trinajstić information content (AvgIpc) is 2.73. The van der Waals surface area contributed by atoms with Crippen LogP contribution in [0.25, 0.3) is 0 Å². The normalized spacial score (nSPS) is 15.6. The molecule has 1 amide bonds. The van der Waals surface area contributed by atoms with Gasteiger partial charge in [-0.15, -0.1) is 0 Å². The molecule has 5 heteroatoms. The van der Waals surface area contributed by atoms with Gasteiger partial charge in [-0.05, 0) is 80.7 Å². The van der Waals surface area contributed by atoms with E-state index in [0.29, 0.717) is 6.54 Å². The summed E-state index contributed by atoms with van der Waals surface area (Å²) in [7, 11) is 1.67. The molecule has 1 fully saturated rings. The highest BCUT2D eigenvalue weighted by molar-refractivity contribution is 5.77. The van der Waals surface area contributed by atoms with Crippen LogP contribution in [-0.2, 0) is 4.79 Å². The van der Waals surface area contributed by atoms with Crippen LogP contribution in [0.3, 0.4) is 0 Å². The highest BCUT2D eigenvalue weighted by atomic mass is 16.5. The third-order valence-corrected chi connectivity index (χ3v) is 5.39. The van der Waals surface area contributed by atoms with E-state index in [-0.39, 0.29) is 18.6 Å². The van der Waals surface area contributed by atoms with E-state index in [4.69, 9.17) is 9.47 Å². The van der Waals surface area contributed by atoms with Crippen molar-refractivity contribution in [3.8, 4) is 11.5 Å². The lowest BCUT2D eigenvalue weighted by Crippen LogP contribution is -2.41. The number of hydrogen-bond donors (Lipinski definition) is 1. The zero-order valence-corrected chi connectivity index (χ0v) is 17.7. The highest BCUT2D eigenvalue weighted by Crippen LogP contribution is 2.26. The molecule has 1 saturated heterocycles. The zero-order valence-electron chi connectivity index (χ0n) is 17.7. The van der Waals surface area contributed by atoms with Crippen molar-refractivity contribution in [2.24, 2.45) is 0 Å². The third-order valence-electron chi connectivity index (χ3n) is 5.39. The number of nitrogens with one attached hydrogen (secondary N) is 1. The van der Waals surface area contributed by atoms with Crippen LogP contribution in [0.5, 0.6) is 11.5 Å². The summed E-state index contributed by atoms with van der Waals surface area (Å²) < 4.78 is 11.0. The van der Waals surface area contributed by atoms with Gasteiger partial charge in [0.2, 0.25) is 0 Å². The van der Waals surface area contributed by atoms with Crippen LogP contribution in [0, 0.1) is 13.8 Å². The molecule has 2 aromatic rings. The molecule has 1 N–H and O–H groups in total. The number of ether oxygens (including phenoxy) is 2. The Hall–Kier alpha value is -2.53. The number of amides is 1. The molecule has 0 bridgehead atoms. The summed E-state index contributed by atoms with van der Waals surface area (Å²) in [5, 5.41) is 3.07. The predicted octanol–water partition coefficient (Wildman–Crippen LogP) is 4.03. The SMILES string of the molecule is COc1ccc([C@H](CNC(=O)COc2cc(C)cc(C)c2)N2CCCCC2)cc1. The van der Waals surface area contributed by atoms with Crippen molar-refractivity contribution < 1.29 is 14.3 Å². The Labute approximate surface area is 174 Å². The van der Waals surface area contributed by atoms with E-state index in [0.717, 1.165) is 35.7 Å². The fourth-order valence-corrected chi connectivity index (χ4v) is 3.94. The van der Waals surface area contributed by atoms with Gasteiger partial charge in [0.25, 0.3) is 5.91 Å². The van der Waals surface area contributed by atoms with E-state index < -0.39 is 0 Å². The number of rotatable bonds is 8. The highest BCUT2D eigenvalue weighted by Gasteiger charge is 2.23. The first-order valence-corrected chi connectivity index (χ1v) is 10.4. The molecule has 1 heterocycles. The smallest absolute Gasteiger partial charge is 0.258 e. The van der Waals surface area contributed by atoms with E-state index in [2.05, 4.69) is 28.4 Å². The number of likely N-dealkylation sites (tertiary alicyclic amines) is 1. The van der Waals surface area contributed by atoms with Crippen LogP contribution >= 0.6 is 0 Å². The minimum atomic E-state index is -0.0975. The lowest BCUT2D eigenvalue weighted by Gasteiger charge is -2.35. The number of carbonyl (C=O) groups is 1. The summed E-state index contributed by atoms with van der Waals surface area (Å²) in [5.74, 6) is 1.48. The standard InChI is InChI=1S/C24H32N2O3/c1-18-13-19(2)15-22(14-18)29-17-24(27)25-16-23(26-11-5-4-6-12-26)20-7-9-21(28-3)10-8-20/h7-10,13-15,23H,4-6,11-12,16-17H2,1-3H3,(H,25,27)/t23-/m0/s1. The zero-order chi connectivity index (χ0) is 20.6. The number of aryl methyl sites for hydroxylation is 2. The van der Waals surface area contributed by atoms with Crippen molar-refractivity contribution in [1.29, 1.82) is 0 Å². The number of nitrogens with zero attached hydrogens (tertiary/aromatic N) is 1. The van der Waals surface area contributed by atoms with Gasteiger partial charge in [0.05, 0.1) is 13.2 Å². The molecule has 3 rings (SSSR count). The molecule has 1 atom stereocenters. The summed E-state index contributed by atoms with van der Waals surface area (Å²) in [5.41, 5.74) is 3.46. The van der Waals surface area contributed by atoms with Crippen molar-refractivity contribution in [3.05, 3.63) is 59.2 Å². The van der Waals surface area contributed by atoms with Gasteiger partial charge in [-0.2, -0.15) is 0 Å². The molecule has 0 aromatic heterocycles. The van der Waals surface area contributed by atoms with Gasteiger partial charge in [-0.1, -0.05) is 24.6 Å². The van der Waals surface area contributed by atoms with Gasteiger partial charge in [-0.3, -0.25) is 9.69 Å². The van der Waals surface area contributed by atoms with E-state index in [1.54, 1.807) is 7.11 Å². The van der Waals surface area contributed by atoms with E-state index >= 15 is 0 Å². The first-order valence-electron chi connectivity index (χ1n) is 10.4. The van der Waals surface area contributed by atoms with Gasteiger partial charge in [0, 0.05) is 6.54 Å². The fourth-order valence-electron chi connectivity index (χ4n) is 3.94. The van der Waals surface area contributed by atoms with Crippen molar-refractivity contribution in [2.45, 2.75) is 39.2 Å². The van der Waals surface area contributed by atoms with Crippen molar-refractivity contribution in [2.75, 3.05) is 33.4 Å². The van der Waals surface area contributed by atoms with E-state index in [1.165, 1.54) is 24.8 Å². The Bertz CT molecular complexity index is 778. The number of carbonyl (C=O) groups excluding carboxylic acids is 1. The Morgan fingerprint density at radius 3 is 2.28 bits per heavy atom. The largest absolute Gasteiger partial charge is 0.497 e. The second-order valence-electron chi connectivity index (χ2n) is 7.80. The van der Waals surface area contributed by atoms with Gasteiger partial charge in [0.15, 0.2) is 6.61 Å². The van der Waals surface area contributed by atoms with Crippen molar-refractivity contribution >= 4 is 5.91 Å². The van der Waals surface area contributed by atoms with Crippen LogP contribution in [0.15, 0.2) is 42.5 Å². The predicted molar refractivity (Wildman–Crippen MR) is 116 cm³/mol. The minimum absolute atomic E-state index is 0.0260. The van der Waals surface area contributed by atoms with Crippen molar-refractivity contribution in [3.63, 3.8) is 0 Å². The molecule has 2 aromatic carbocycles. The second kappa shape index (κ2) is 10.3. The quantitative estimate of drug-likeness (QED) is 0.732. The maximum atomic E-state index is 12.4. The van der Waals surface area contributed by atoms with Gasteiger partial charge in [0.1, 0.15) is 11.5 Å².